The van der Waals surface area contributed by atoms with Crippen LogP contribution in [0.2, 0.25) is 0 Å². The highest BCUT2D eigenvalue weighted by Crippen LogP contribution is 2.12. The van der Waals surface area contributed by atoms with Crippen LogP contribution in [0.4, 0.5) is 4.39 Å². The first-order valence-electron chi connectivity index (χ1n) is 6.80. The number of allylic oxidation sites excluding steroid dienone is 2. The van der Waals surface area contributed by atoms with Gasteiger partial charge in [0.15, 0.2) is 11.6 Å². The van der Waals surface area contributed by atoms with Crippen molar-refractivity contribution in [3.8, 4) is 0 Å². The molecule has 0 fully saturated rings. The Kier molecular flexibility index (Phi) is 4.84. The largest absolute Gasteiger partial charge is 0.345 e. The first-order chi connectivity index (χ1) is 10.5. The van der Waals surface area contributed by atoms with Crippen LogP contribution >= 0.6 is 0 Å². The number of carbonyl (C=O) groups excluding carboxylic acids is 2. The first kappa shape index (κ1) is 15.6. The average Bonchev–Trinajstić information content (AvgIpc) is 2.83. The molecular weight excluding hydrogens is 281 g/mol. The summed E-state index contributed by atoms with van der Waals surface area (Å²) < 4.78 is 14.9. The fraction of sp³-hybridized carbons (Fsp3) is 0.111. The molecule has 2 aromatic rings. The van der Waals surface area contributed by atoms with Crippen molar-refractivity contribution < 1.29 is 14.0 Å². The maximum atomic E-state index is 13.1. The summed E-state index contributed by atoms with van der Waals surface area (Å²) >= 11 is 0. The number of carbonyl (C=O) groups is 2. The topological polar surface area (TPSA) is 39.1 Å². The Labute approximate surface area is 128 Å². The third-order valence-electron chi connectivity index (χ3n) is 3.20. The first-order valence-corrected chi connectivity index (χ1v) is 6.80. The minimum Gasteiger partial charge on any atom is -0.345 e. The van der Waals surface area contributed by atoms with E-state index in [1.54, 1.807) is 18.2 Å². The van der Waals surface area contributed by atoms with Gasteiger partial charge in [-0.2, -0.15) is 0 Å². The van der Waals surface area contributed by atoms with Crippen LogP contribution in [0.1, 0.15) is 28.7 Å². The van der Waals surface area contributed by atoms with Crippen molar-refractivity contribution in [3.05, 3.63) is 71.3 Å². The Bertz CT molecular complexity index is 769. The molecule has 0 aliphatic heterocycles. The molecule has 0 amide bonds. The lowest BCUT2D eigenvalue weighted by Crippen LogP contribution is -1.97. The van der Waals surface area contributed by atoms with E-state index in [1.807, 2.05) is 23.7 Å². The second-order valence-corrected chi connectivity index (χ2v) is 4.89. The second kappa shape index (κ2) is 6.80. The van der Waals surface area contributed by atoms with E-state index in [0.717, 1.165) is 11.4 Å². The van der Waals surface area contributed by atoms with E-state index in [4.69, 9.17) is 0 Å². The van der Waals surface area contributed by atoms with Crippen molar-refractivity contribution in [2.75, 3.05) is 0 Å². The maximum Gasteiger partial charge on any atom is 0.186 e. The zero-order valence-corrected chi connectivity index (χ0v) is 12.4. The third-order valence-corrected chi connectivity index (χ3v) is 3.20. The molecule has 2 rings (SSSR count). The fourth-order valence-electron chi connectivity index (χ4n) is 1.98. The highest BCUT2D eigenvalue weighted by Gasteiger charge is 2.04. The molecule has 0 N–H and O–H groups in total. The molecule has 3 nitrogen and oxygen atoms in total. The van der Waals surface area contributed by atoms with Crippen LogP contribution in [-0.2, 0) is 11.8 Å². The lowest BCUT2D eigenvalue weighted by Gasteiger charge is -2.01. The summed E-state index contributed by atoms with van der Waals surface area (Å²) in [5.41, 5.74) is 1.98. The lowest BCUT2D eigenvalue weighted by atomic mass is 10.1. The van der Waals surface area contributed by atoms with Crippen molar-refractivity contribution in [1.82, 2.24) is 4.57 Å². The Balaban J connectivity index is 2.17. The number of hydrogen-bond donors (Lipinski definition) is 0. The van der Waals surface area contributed by atoms with Crippen LogP contribution in [0.25, 0.3) is 12.2 Å². The molecule has 4 heteroatoms. The number of halogens is 1. The number of aromatic nitrogens is 1. The Hall–Kier alpha value is -2.75. The van der Waals surface area contributed by atoms with Gasteiger partial charge in [0, 0.05) is 24.0 Å². The second-order valence-electron chi connectivity index (χ2n) is 4.89. The zero-order chi connectivity index (χ0) is 16.1. The Morgan fingerprint density at radius 1 is 1.05 bits per heavy atom. The molecule has 1 heterocycles. The smallest absolute Gasteiger partial charge is 0.186 e. The standard InChI is InChI=1S/C18H16FNO2/c1-13(21)6-7-16-8-9-17(20(16)2)10-11-18(22)14-4-3-5-15(19)12-14/h3-12H,1-2H3/b7-6+,11-10+. The minimum absolute atomic E-state index is 0.0282. The number of ketones is 2. The molecule has 0 saturated heterocycles. The van der Waals surface area contributed by atoms with Gasteiger partial charge >= 0.3 is 0 Å². The summed E-state index contributed by atoms with van der Waals surface area (Å²) in [4.78, 5) is 22.9. The van der Waals surface area contributed by atoms with Gasteiger partial charge in [0.1, 0.15) is 5.82 Å². The quantitative estimate of drug-likeness (QED) is 0.624. The van der Waals surface area contributed by atoms with Gasteiger partial charge in [-0.15, -0.1) is 0 Å². The molecule has 112 valence electrons. The van der Waals surface area contributed by atoms with E-state index in [0.29, 0.717) is 5.56 Å². The van der Waals surface area contributed by atoms with Gasteiger partial charge in [-0.1, -0.05) is 12.1 Å². The zero-order valence-electron chi connectivity index (χ0n) is 12.4. The van der Waals surface area contributed by atoms with Gasteiger partial charge in [0.05, 0.1) is 0 Å². The number of rotatable bonds is 5. The van der Waals surface area contributed by atoms with Crippen LogP contribution in [0.5, 0.6) is 0 Å². The van der Waals surface area contributed by atoms with E-state index in [-0.39, 0.29) is 11.6 Å². The van der Waals surface area contributed by atoms with Crippen molar-refractivity contribution in [1.29, 1.82) is 0 Å². The van der Waals surface area contributed by atoms with Gasteiger partial charge in [0.25, 0.3) is 0 Å². The van der Waals surface area contributed by atoms with Crippen LogP contribution in [-0.4, -0.2) is 16.1 Å². The van der Waals surface area contributed by atoms with Gasteiger partial charge in [0.2, 0.25) is 0 Å². The molecule has 0 aliphatic carbocycles. The van der Waals surface area contributed by atoms with E-state index >= 15 is 0 Å². The minimum atomic E-state index is -0.435. The van der Waals surface area contributed by atoms with E-state index in [9.17, 15) is 14.0 Å². The highest BCUT2D eigenvalue weighted by atomic mass is 19.1. The van der Waals surface area contributed by atoms with Crippen LogP contribution in [0.15, 0.2) is 48.6 Å². The Morgan fingerprint density at radius 2 is 1.68 bits per heavy atom. The Morgan fingerprint density at radius 3 is 2.27 bits per heavy atom. The fourth-order valence-corrected chi connectivity index (χ4v) is 1.98. The van der Waals surface area contributed by atoms with Crippen molar-refractivity contribution >= 4 is 23.7 Å². The van der Waals surface area contributed by atoms with E-state index in [1.165, 1.54) is 37.3 Å². The molecule has 0 radical (unpaired) electrons. The summed E-state index contributed by atoms with van der Waals surface area (Å²) in [6.07, 6.45) is 6.27. The van der Waals surface area contributed by atoms with Crippen molar-refractivity contribution in [2.24, 2.45) is 7.05 Å². The molecule has 0 bridgehead atoms. The summed E-state index contributed by atoms with van der Waals surface area (Å²) in [5, 5.41) is 0. The molecule has 0 saturated carbocycles. The average molecular weight is 297 g/mol. The predicted molar refractivity (Wildman–Crippen MR) is 84.9 cm³/mol. The number of benzene rings is 1. The summed E-state index contributed by atoms with van der Waals surface area (Å²) in [6.45, 7) is 1.48. The van der Waals surface area contributed by atoms with Gasteiger partial charge in [-0.05, 0) is 55.5 Å². The highest BCUT2D eigenvalue weighted by molar-refractivity contribution is 6.06. The monoisotopic (exact) mass is 297 g/mol. The van der Waals surface area contributed by atoms with Crippen LogP contribution in [0.3, 0.4) is 0 Å². The lowest BCUT2D eigenvalue weighted by molar-refractivity contribution is -0.112. The van der Waals surface area contributed by atoms with E-state index < -0.39 is 5.82 Å². The molecular formula is C18H16FNO2. The summed E-state index contributed by atoms with van der Waals surface area (Å²) in [6, 6.07) is 9.27. The maximum absolute atomic E-state index is 13.1. The molecule has 0 aliphatic rings. The van der Waals surface area contributed by atoms with Crippen LogP contribution in [0, 0.1) is 5.82 Å². The number of nitrogens with zero attached hydrogens (tertiary/aromatic N) is 1. The molecule has 22 heavy (non-hydrogen) atoms. The van der Waals surface area contributed by atoms with Gasteiger partial charge in [-0.3, -0.25) is 9.59 Å². The molecule has 1 aromatic carbocycles. The SMILES string of the molecule is CC(=O)/C=C/c1ccc(/C=C/C(=O)c2cccc(F)c2)n1C. The predicted octanol–water partition coefficient (Wildman–Crippen LogP) is 3.66. The molecule has 0 unspecified atom stereocenters. The molecule has 1 aromatic heterocycles. The normalized spacial score (nSPS) is 11.4. The summed E-state index contributed by atoms with van der Waals surface area (Å²) in [7, 11) is 1.84. The van der Waals surface area contributed by atoms with Gasteiger partial charge < -0.3 is 4.57 Å². The molecule has 0 spiro atoms. The summed E-state index contributed by atoms with van der Waals surface area (Å²) in [5.74, 6) is -0.726. The third kappa shape index (κ3) is 3.88. The molecule has 0 atom stereocenters. The number of hydrogen-bond acceptors (Lipinski definition) is 2. The van der Waals surface area contributed by atoms with E-state index in [2.05, 4.69) is 0 Å². The van der Waals surface area contributed by atoms with Gasteiger partial charge in [-0.25, -0.2) is 4.39 Å². The van der Waals surface area contributed by atoms with Crippen LogP contribution < -0.4 is 0 Å². The van der Waals surface area contributed by atoms with Crippen molar-refractivity contribution in [2.45, 2.75) is 6.92 Å². The van der Waals surface area contributed by atoms with Crippen molar-refractivity contribution in [3.63, 3.8) is 0 Å².